The first kappa shape index (κ1) is 16.9. The van der Waals surface area contributed by atoms with E-state index in [-0.39, 0.29) is 24.8 Å². The lowest BCUT2D eigenvalue weighted by atomic mass is 10.1. The summed E-state index contributed by atoms with van der Waals surface area (Å²) in [6.07, 6.45) is 2.58. The van der Waals surface area contributed by atoms with E-state index in [1.165, 1.54) is 0 Å². The maximum Gasteiger partial charge on any atom is 0.287 e. The Labute approximate surface area is 143 Å². The molecule has 0 unspecified atom stereocenters. The van der Waals surface area contributed by atoms with E-state index in [0.29, 0.717) is 4.67 Å². The standard InChI is InChI=1S/C18H16BrNO3/c1-2-7-14-8-3-4-9-15(14)22-13-6-5-12-20-18(21)16-10-11-17(19)23-16/h2-4,8-11H,1,7,12-13H2,(H,20,21). The molecule has 2 rings (SSSR count). The highest BCUT2D eigenvalue weighted by Gasteiger charge is 2.08. The Kier molecular flexibility index (Phi) is 6.52. The highest BCUT2D eigenvalue weighted by molar-refractivity contribution is 9.10. The summed E-state index contributed by atoms with van der Waals surface area (Å²) in [4.78, 5) is 11.7. The molecule has 4 nitrogen and oxygen atoms in total. The highest BCUT2D eigenvalue weighted by Crippen LogP contribution is 2.18. The van der Waals surface area contributed by atoms with E-state index < -0.39 is 0 Å². The first-order valence-corrected chi connectivity index (χ1v) is 7.81. The zero-order chi connectivity index (χ0) is 16.5. The molecule has 1 amide bonds. The average Bonchev–Trinajstić information content (AvgIpc) is 2.99. The van der Waals surface area contributed by atoms with Crippen molar-refractivity contribution in [2.24, 2.45) is 0 Å². The lowest BCUT2D eigenvalue weighted by Crippen LogP contribution is -2.23. The Morgan fingerprint density at radius 3 is 2.87 bits per heavy atom. The van der Waals surface area contributed by atoms with Gasteiger partial charge in [0.1, 0.15) is 12.4 Å². The quantitative estimate of drug-likeness (QED) is 0.621. The number of allylic oxidation sites excluding steroid dienone is 1. The molecule has 118 valence electrons. The number of benzene rings is 1. The summed E-state index contributed by atoms with van der Waals surface area (Å²) in [5.41, 5.74) is 1.07. The van der Waals surface area contributed by atoms with Gasteiger partial charge in [0.05, 0.1) is 6.54 Å². The van der Waals surface area contributed by atoms with Gasteiger partial charge in [0.2, 0.25) is 0 Å². The fraction of sp³-hybridized carbons (Fsp3) is 0.167. The van der Waals surface area contributed by atoms with Crippen LogP contribution in [0.15, 0.2) is 58.1 Å². The molecular formula is C18H16BrNO3. The van der Waals surface area contributed by atoms with Gasteiger partial charge in [-0.25, -0.2) is 0 Å². The zero-order valence-electron chi connectivity index (χ0n) is 12.5. The Bertz CT molecular complexity index is 740. The molecule has 0 saturated carbocycles. The number of halogens is 1. The number of carbonyl (C=O) groups excluding carboxylic acids is 1. The smallest absolute Gasteiger partial charge is 0.287 e. The number of para-hydroxylation sites is 1. The van der Waals surface area contributed by atoms with Gasteiger partial charge in [-0.2, -0.15) is 0 Å². The molecule has 1 aromatic carbocycles. The van der Waals surface area contributed by atoms with Gasteiger partial charge in [-0.3, -0.25) is 4.79 Å². The second kappa shape index (κ2) is 8.86. The minimum atomic E-state index is -0.303. The van der Waals surface area contributed by atoms with Crippen LogP contribution >= 0.6 is 15.9 Å². The highest BCUT2D eigenvalue weighted by atomic mass is 79.9. The molecule has 0 fully saturated rings. The van der Waals surface area contributed by atoms with Gasteiger partial charge in [0.15, 0.2) is 10.4 Å². The first-order chi connectivity index (χ1) is 11.2. The average molecular weight is 374 g/mol. The molecule has 0 aliphatic heterocycles. The van der Waals surface area contributed by atoms with Crippen LogP contribution in [0.1, 0.15) is 16.1 Å². The van der Waals surface area contributed by atoms with Crippen LogP contribution in [0.4, 0.5) is 0 Å². The zero-order valence-corrected chi connectivity index (χ0v) is 14.1. The maximum absolute atomic E-state index is 11.7. The molecule has 0 atom stereocenters. The number of carbonyl (C=O) groups is 1. The molecule has 0 aliphatic rings. The van der Waals surface area contributed by atoms with E-state index in [1.54, 1.807) is 12.1 Å². The van der Waals surface area contributed by atoms with Crippen LogP contribution < -0.4 is 10.1 Å². The number of amides is 1. The molecule has 1 N–H and O–H groups in total. The van der Waals surface area contributed by atoms with Gasteiger partial charge >= 0.3 is 0 Å². The van der Waals surface area contributed by atoms with Gasteiger partial charge < -0.3 is 14.5 Å². The summed E-state index contributed by atoms with van der Waals surface area (Å²) in [5, 5.41) is 2.65. The van der Waals surface area contributed by atoms with Crippen molar-refractivity contribution in [3.63, 3.8) is 0 Å². The molecule has 23 heavy (non-hydrogen) atoms. The van der Waals surface area contributed by atoms with Crippen LogP contribution in [-0.4, -0.2) is 19.1 Å². The van der Waals surface area contributed by atoms with Gasteiger partial charge in [-0.1, -0.05) is 36.1 Å². The van der Waals surface area contributed by atoms with Crippen molar-refractivity contribution in [1.29, 1.82) is 0 Å². The minimum absolute atomic E-state index is 0.231. The Morgan fingerprint density at radius 1 is 1.30 bits per heavy atom. The number of ether oxygens (including phenoxy) is 1. The fourth-order valence-electron chi connectivity index (χ4n) is 1.84. The Balaban J connectivity index is 1.76. The molecule has 0 bridgehead atoms. The van der Waals surface area contributed by atoms with Crippen LogP contribution in [0.25, 0.3) is 0 Å². The summed E-state index contributed by atoms with van der Waals surface area (Å²) in [6.45, 7) is 4.22. The summed E-state index contributed by atoms with van der Waals surface area (Å²) >= 11 is 3.14. The lowest BCUT2D eigenvalue weighted by molar-refractivity contribution is 0.0930. The van der Waals surface area contributed by atoms with Crippen molar-refractivity contribution in [1.82, 2.24) is 5.32 Å². The topological polar surface area (TPSA) is 51.5 Å². The van der Waals surface area contributed by atoms with Crippen LogP contribution in [0.5, 0.6) is 5.75 Å². The van der Waals surface area contributed by atoms with E-state index in [1.807, 2.05) is 30.3 Å². The Hall–Kier alpha value is -2.45. The van der Waals surface area contributed by atoms with Crippen LogP contribution in [0, 0.1) is 11.8 Å². The summed E-state index contributed by atoms with van der Waals surface area (Å²) in [7, 11) is 0. The monoisotopic (exact) mass is 373 g/mol. The molecule has 0 radical (unpaired) electrons. The third kappa shape index (κ3) is 5.35. The number of hydrogen-bond donors (Lipinski definition) is 1. The molecule has 1 heterocycles. The van der Waals surface area contributed by atoms with Gasteiger partial charge in [0.25, 0.3) is 5.91 Å². The summed E-state index contributed by atoms with van der Waals surface area (Å²) < 4.78 is 11.3. The normalized spacial score (nSPS) is 9.61. The van der Waals surface area contributed by atoms with Gasteiger partial charge in [-0.05, 0) is 46.1 Å². The first-order valence-electron chi connectivity index (χ1n) is 7.01. The van der Waals surface area contributed by atoms with E-state index >= 15 is 0 Å². The summed E-state index contributed by atoms with van der Waals surface area (Å²) in [5.74, 6) is 6.43. The largest absolute Gasteiger partial charge is 0.481 e. The molecule has 0 aliphatic carbocycles. The van der Waals surface area contributed by atoms with Crippen molar-refractivity contribution in [3.05, 3.63) is 65.0 Å². The molecule has 1 aromatic heterocycles. The van der Waals surface area contributed by atoms with Crippen molar-refractivity contribution in [3.8, 4) is 17.6 Å². The van der Waals surface area contributed by atoms with Gasteiger partial charge in [0, 0.05) is 0 Å². The molecule has 5 heteroatoms. The predicted molar refractivity (Wildman–Crippen MR) is 92.4 cm³/mol. The Morgan fingerprint density at radius 2 is 2.13 bits per heavy atom. The predicted octanol–water partition coefficient (Wildman–Crippen LogP) is 3.58. The van der Waals surface area contributed by atoms with E-state index in [0.717, 1.165) is 17.7 Å². The van der Waals surface area contributed by atoms with E-state index in [2.05, 4.69) is 39.7 Å². The fourth-order valence-corrected chi connectivity index (χ4v) is 2.15. The van der Waals surface area contributed by atoms with Crippen molar-refractivity contribution in [2.45, 2.75) is 6.42 Å². The number of nitrogens with one attached hydrogen (secondary N) is 1. The number of rotatable bonds is 6. The molecule has 2 aromatic rings. The van der Waals surface area contributed by atoms with Crippen LogP contribution in [0.2, 0.25) is 0 Å². The minimum Gasteiger partial charge on any atom is -0.481 e. The third-order valence-electron chi connectivity index (χ3n) is 2.90. The second-order valence-electron chi connectivity index (χ2n) is 4.53. The molecule has 0 saturated heterocycles. The molecule has 0 spiro atoms. The van der Waals surface area contributed by atoms with Crippen molar-refractivity contribution < 1.29 is 13.9 Å². The van der Waals surface area contributed by atoms with Crippen LogP contribution in [-0.2, 0) is 6.42 Å². The lowest BCUT2D eigenvalue weighted by Gasteiger charge is -2.07. The second-order valence-corrected chi connectivity index (χ2v) is 5.31. The van der Waals surface area contributed by atoms with E-state index in [9.17, 15) is 4.79 Å². The maximum atomic E-state index is 11.7. The third-order valence-corrected chi connectivity index (χ3v) is 3.32. The van der Waals surface area contributed by atoms with Crippen molar-refractivity contribution in [2.75, 3.05) is 13.2 Å². The van der Waals surface area contributed by atoms with Gasteiger partial charge in [-0.15, -0.1) is 6.58 Å². The SMILES string of the molecule is C=CCc1ccccc1OCC#CCNC(=O)c1ccc(Br)o1. The summed E-state index contributed by atoms with van der Waals surface area (Å²) in [6, 6.07) is 11.0. The number of hydrogen-bond acceptors (Lipinski definition) is 3. The van der Waals surface area contributed by atoms with Crippen molar-refractivity contribution >= 4 is 21.8 Å². The molecular weight excluding hydrogens is 358 g/mol. The van der Waals surface area contributed by atoms with E-state index in [4.69, 9.17) is 9.15 Å². The van der Waals surface area contributed by atoms with Crippen LogP contribution in [0.3, 0.4) is 0 Å². The number of furan rings is 1.